The van der Waals surface area contributed by atoms with Crippen LogP contribution in [0.3, 0.4) is 0 Å². The molecule has 2 amide bonds. The maximum atomic E-state index is 15.1. The van der Waals surface area contributed by atoms with Gasteiger partial charge in [0.1, 0.15) is 17.9 Å². The number of β-amino-alcohol motifs (C(OH)–C–C–N with tert-alkyl or cyclic N) is 1. The number of piperidine rings is 1. The fourth-order valence-electron chi connectivity index (χ4n) is 13.6. The van der Waals surface area contributed by atoms with Crippen LogP contribution in [0.15, 0.2) is 77.2 Å². The van der Waals surface area contributed by atoms with Gasteiger partial charge in [0.2, 0.25) is 11.8 Å². The maximum absolute atomic E-state index is 15.1. The average molecular weight is 1110 g/mol. The number of benzene rings is 3. The van der Waals surface area contributed by atoms with Gasteiger partial charge in [0.05, 0.1) is 68.5 Å². The lowest BCUT2D eigenvalue weighted by Gasteiger charge is -2.36. The third kappa shape index (κ3) is 10.7. The number of aromatic carboxylic acids is 1. The summed E-state index contributed by atoms with van der Waals surface area (Å²) in [5.74, 6) is 0.210. The quantitative estimate of drug-likeness (QED) is 0.0974. The molecule has 3 aromatic carbocycles. The van der Waals surface area contributed by atoms with Gasteiger partial charge in [-0.3, -0.25) is 23.9 Å². The summed E-state index contributed by atoms with van der Waals surface area (Å²) in [4.78, 5) is 70.4. The monoisotopic (exact) mass is 1110 g/mol. The number of carbonyl (C=O) groups is 3. The molecule has 4 saturated heterocycles. The molecule has 0 spiro atoms. The van der Waals surface area contributed by atoms with Crippen molar-refractivity contribution in [3.05, 3.63) is 122 Å². The molecule has 12 rings (SSSR count). The maximum Gasteiger partial charge on any atom is 0.356 e. The van der Waals surface area contributed by atoms with Crippen LogP contribution in [0.25, 0.3) is 27.0 Å². The molecule has 5 aliphatic heterocycles. The van der Waals surface area contributed by atoms with Gasteiger partial charge in [-0.05, 0) is 137 Å². The molecule has 18 nitrogen and oxygen atoms in total. The van der Waals surface area contributed by atoms with Crippen LogP contribution in [0.5, 0.6) is 0 Å². The number of morpholine rings is 1. The molecule has 20 heteroatoms. The predicted octanol–water partition coefficient (Wildman–Crippen LogP) is 7.36. The minimum absolute atomic E-state index is 0.00441. The first-order valence-corrected chi connectivity index (χ1v) is 29.5. The van der Waals surface area contributed by atoms with E-state index in [2.05, 4.69) is 66.9 Å². The third-order valence-corrected chi connectivity index (χ3v) is 19.2. The number of carbonyl (C=O) groups excluding carboxylic acids is 2. The number of likely N-dealkylation sites (tertiary alicyclic amines) is 2. The molecule has 0 bridgehead atoms. The number of carboxylic acid groups (broad SMARTS) is 1. The number of hydrogen-bond donors (Lipinski definition) is 3. The van der Waals surface area contributed by atoms with Gasteiger partial charge in [-0.25, -0.2) is 14.5 Å². The van der Waals surface area contributed by atoms with Crippen LogP contribution in [0, 0.1) is 11.8 Å². The number of aliphatic hydroxyl groups excluding tert-OH is 1. The first-order chi connectivity index (χ1) is 38.3. The topological polar surface area (TPSA) is 210 Å². The highest BCUT2D eigenvalue weighted by atomic mass is 35.5. The highest BCUT2D eigenvalue weighted by Gasteiger charge is 2.46. The minimum atomic E-state index is -1.09. The SMILES string of the molecule is CC1(C)c2ccc(C3CCN(CC4CCC(c5cn([C@H](C(=O)N6C[C@H](O)C[C@H]6C(=O)N[C@@H](CN6CCOCC6)c6ccc(-c7scnc7C(=O)O)cc6)C6CCOCC6)nn5)CC4)CC3)cc2-n2c1nc(=O)c1c(Cl)cccc12. The van der Waals surface area contributed by atoms with Crippen molar-refractivity contribution < 1.29 is 34.1 Å². The number of aliphatic hydroxyl groups is 1. The second kappa shape index (κ2) is 22.5. The Bertz CT molecular complexity index is 3280. The van der Waals surface area contributed by atoms with Gasteiger partial charge < -0.3 is 34.8 Å². The molecule has 3 aromatic heterocycles. The van der Waals surface area contributed by atoms with Gasteiger partial charge in [0, 0.05) is 64.5 Å². The Morgan fingerprint density at radius 3 is 2.38 bits per heavy atom. The van der Waals surface area contributed by atoms with Crippen molar-refractivity contribution in [1.82, 2.24) is 49.5 Å². The number of rotatable bonds is 14. The van der Waals surface area contributed by atoms with Crippen molar-refractivity contribution in [2.75, 3.05) is 72.2 Å². The molecule has 8 heterocycles. The highest BCUT2D eigenvalue weighted by molar-refractivity contribution is 7.13. The van der Waals surface area contributed by atoms with E-state index in [0.29, 0.717) is 91.6 Å². The molecule has 79 heavy (non-hydrogen) atoms. The summed E-state index contributed by atoms with van der Waals surface area (Å²) >= 11 is 7.82. The van der Waals surface area contributed by atoms with Gasteiger partial charge in [-0.1, -0.05) is 59.3 Å². The van der Waals surface area contributed by atoms with Crippen LogP contribution in [-0.4, -0.2) is 157 Å². The van der Waals surface area contributed by atoms with E-state index in [1.807, 2.05) is 42.6 Å². The van der Waals surface area contributed by atoms with Gasteiger partial charge in [-0.2, -0.15) is 4.98 Å². The van der Waals surface area contributed by atoms with E-state index in [0.717, 1.165) is 92.0 Å². The second-order valence-corrected chi connectivity index (χ2v) is 24.5. The van der Waals surface area contributed by atoms with Gasteiger partial charge in [0.15, 0.2) is 5.69 Å². The molecular weight excluding hydrogens is 1040 g/mol. The normalized spacial score (nSPS) is 23.8. The summed E-state index contributed by atoms with van der Waals surface area (Å²) in [7, 11) is 0. The molecule has 0 radical (unpaired) electrons. The molecule has 0 unspecified atom stereocenters. The lowest BCUT2D eigenvalue weighted by atomic mass is 9.80. The predicted molar refractivity (Wildman–Crippen MR) is 299 cm³/mol. The number of thiazole rings is 1. The van der Waals surface area contributed by atoms with Crippen molar-refractivity contribution in [3.8, 4) is 16.1 Å². The molecule has 1 aliphatic carbocycles. The van der Waals surface area contributed by atoms with E-state index < -0.39 is 35.6 Å². The number of halogens is 1. The number of carboxylic acids is 1. The first kappa shape index (κ1) is 53.7. The van der Waals surface area contributed by atoms with Crippen molar-refractivity contribution in [2.45, 2.75) is 113 Å². The number of aromatic nitrogens is 6. The van der Waals surface area contributed by atoms with Crippen molar-refractivity contribution in [2.24, 2.45) is 11.8 Å². The number of nitrogens with zero attached hydrogens (tertiary/aromatic N) is 9. The zero-order valence-corrected chi connectivity index (χ0v) is 46.4. The Kier molecular flexibility index (Phi) is 15.3. The Hall–Kier alpha value is -5.93. The number of hydrogen-bond acceptors (Lipinski definition) is 14. The average Bonchev–Trinajstić information content (AvgIpc) is 4.48. The van der Waals surface area contributed by atoms with Gasteiger partial charge in [-0.15, -0.1) is 16.4 Å². The van der Waals surface area contributed by atoms with E-state index in [1.54, 1.807) is 15.6 Å². The Labute approximate surface area is 468 Å². The number of fused-ring (bicyclic) bond motifs is 5. The zero-order chi connectivity index (χ0) is 54.5. The molecule has 4 atom stereocenters. The number of amides is 2. The fourth-order valence-corrected chi connectivity index (χ4v) is 14.7. The summed E-state index contributed by atoms with van der Waals surface area (Å²) in [5, 5.41) is 34.5. The van der Waals surface area contributed by atoms with Crippen molar-refractivity contribution in [1.29, 1.82) is 0 Å². The molecule has 5 fully saturated rings. The van der Waals surface area contributed by atoms with Crippen LogP contribution in [0.4, 0.5) is 0 Å². The van der Waals surface area contributed by atoms with Gasteiger partial charge in [0.25, 0.3) is 5.56 Å². The van der Waals surface area contributed by atoms with Crippen LogP contribution in [0.2, 0.25) is 5.02 Å². The van der Waals surface area contributed by atoms with E-state index in [4.69, 9.17) is 26.2 Å². The van der Waals surface area contributed by atoms with Crippen LogP contribution < -0.4 is 10.9 Å². The Balaban J connectivity index is 0.688. The molecule has 1 saturated carbocycles. The van der Waals surface area contributed by atoms with E-state index in [1.165, 1.54) is 22.4 Å². The van der Waals surface area contributed by atoms with Crippen molar-refractivity contribution in [3.63, 3.8) is 0 Å². The number of nitrogens with one attached hydrogen (secondary N) is 1. The smallest absolute Gasteiger partial charge is 0.356 e. The standard InChI is InChI=1S/C59H69ClN10O8S/c1-59(2)43-15-14-41(28-48(43)70-47-5-3-4-44(60)50(47)55(73)63-58(59)70)36-16-20-66(21-17-36)30-35-6-8-38(9-7-35)46-33-69(65-64-46)52(39-18-24-77-25-19-39)56(74)68-31-42(71)29-49(68)54(72)62-45(32-67-22-26-78-27-23-67)37-10-12-40(13-11-37)53-51(57(75)76)61-34-79-53/h3-5,10-15,28,33-36,38-39,42,45,49,52,71H,6-9,16-27,29-32H2,1-2H3,(H,62,72)(H,75,76)/t35?,38?,42-,45+,49+,52+/m1/s1. The lowest BCUT2D eigenvalue weighted by molar-refractivity contribution is -0.144. The summed E-state index contributed by atoms with van der Waals surface area (Å²) in [6.07, 6.45) is 8.82. The summed E-state index contributed by atoms with van der Waals surface area (Å²) in [5.41, 5.74) is 7.62. The molecule has 416 valence electrons. The first-order valence-electron chi connectivity index (χ1n) is 28.2. The van der Waals surface area contributed by atoms with Crippen LogP contribution in [0.1, 0.15) is 134 Å². The van der Waals surface area contributed by atoms with Crippen LogP contribution >= 0.6 is 22.9 Å². The number of ether oxygens (including phenoxy) is 2. The highest BCUT2D eigenvalue weighted by Crippen LogP contribution is 2.45. The van der Waals surface area contributed by atoms with Gasteiger partial charge >= 0.3 is 5.97 Å². The second-order valence-electron chi connectivity index (χ2n) is 23.2. The Morgan fingerprint density at radius 1 is 0.886 bits per heavy atom. The largest absolute Gasteiger partial charge is 0.476 e. The Morgan fingerprint density at radius 2 is 1.63 bits per heavy atom. The van der Waals surface area contributed by atoms with E-state index >= 15 is 4.79 Å². The van der Waals surface area contributed by atoms with Crippen molar-refractivity contribution >= 4 is 51.6 Å². The zero-order valence-electron chi connectivity index (χ0n) is 44.8. The lowest BCUT2D eigenvalue weighted by Crippen LogP contribution is -2.51. The van der Waals surface area contributed by atoms with Crippen LogP contribution in [-0.2, 0) is 24.5 Å². The van der Waals surface area contributed by atoms with E-state index in [-0.39, 0.29) is 47.9 Å². The minimum Gasteiger partial charge on any atom is -0.476 e. The summed E-state index contributed by atoms with van der Waals surface area (Å²) in [6, 6.07) is 17.9. The molecule has 6 aliphatic rings. The third-order valence-electron chi connectivity index (χ3n) is 18.1. The summed E-state index contributed by atoms with van der Waals surface area (Å²) in [6.45, 7) is 11.5. The summed E-state index contributed by atoms with van der Waals surface area (Å²) < 4.78 is 15.3. The molecule has 3 N–H and O–H groups in total. The molecular formula is C59H69ClN10O8S. The fraction of sp³-hybridized carbons (Fsp3) is 0.525. The van der Waals surface area contributed by atoms with E-state index in [9.17, 15) is 24.6 Å². The molecule has 6 aromatic rings.